The molecule has 0 N–H and O–H groups in total. The van der Waals surface area contributed by atoms with E-state index in [0.29, 0.717) is 11.8 Å². The first-order chi connectivity index (χ1) is 8.71. The maximum absolute atomic E-state index is 12.2. The van der Waals surface area contributed by atoms with Gasteiger partial charge in [-0.25, -0.2) is 0 Å². The summed E-state index contributed by atoms with van der Waals surface area (Å²) in [6.07, 6.45) is 9.36. The summed E-state index contributed by atoms with van der Waals surface area (Å²) in [7, 11) is 0. The molecule has 18 heavy (non-hydrogen) atoms. The van der Waals surface area contributed by atoms with E-state index in [1.807, 2.05) is 11.8 Å². The number of amides is 1. The predicted octanol–water partition coefficient (Wildman–Crippen LogP) is 3.11. The van der Waals surface area contributed by atoms with Crippen molar-refractivity contribution in [3.63, 3.8) is 0 Å². The van der Waals surface area contributed by atoms with Crippen molar-refractivity contribution >= 4 is 5.91 Å². The van der Waals surface area contributed by atoms with Crippen molar-refractivity contribution in [2.45, 2.75) is 58.3 Å². The zero-order valence-electron chi connectivity index (χ0n) is 11.5. The molecule has 1 aliphatic heterocycles. The standard InChI is InChI=1S/C15H24N2O/c1-2-5-13(12-16)14(18)17-10-8-15(9-11-17)6-3-4-7-15/h13H,2-11H2,1H3. The zero-order valence-corrected chi connectivity index (χ0v) is 11.5. The number of carbonyl (C=O) groups excluding carboxylic acids is 1. The normalized spacial score (nSPS) is 23.9. The van der Waals surface area contributed by atoms with E-state index in [4.69, 9.17) is 5.26 Å². The van der Waals surface area contributed by atoms with E-state index in [0.717, 1.165) is 32.4 Å². The summed E-state index contributed by atoms with van der Waals surface area (Å²) in [6.45, 7) is 3.78. The van der Waals surface area contributed by atoms with Gasteiger partial charge >= 0.3 is 0 Å². The summed E-state index contributed by atoms with van der Waals surface area (Å²) in [4.78, 5) is 14.2. The molecule has 1 atom stereocenters. The maximum Gasteiger partial charge on any atom is 0.239 e. The summed E-state index contributed by atoms with van der Waals surface area (Å²) >= 11 is 0. The third-order valence-corrected chi connectivity index (χ3v) is 4.83. The highest BCUT2D eigenvalue weighted by atomic mass is 16.2. The summed E-state index contributed by atoms with van der Waals surface area (Å²) in [5, 5.41) is 9.07. The molecule has 100 valence electrons. The van der Waals surface area contributed by atoms with Gasteiger partial charge in [0.15, 0.2) is 0 Å². The van der Waals surface area contributed by atoms with Gasteiger partial charge in [-0.1, -0.05) is 26.2 Å². The fourth-order valence-electron chi connectivity index (χ4n) is 3.58. The van der Waals surface area contributed by atoms with Crippen molar-refractivity contribution in [2.24, 2.45) is 11.3 Å². The van der Waals surface area contributed by atoms with Gasteiger partial charge in [-0.2, -0.15) is 5.26 Å². The second-order valence-electron chi connectivity index (χ2n) is 6.00. The van der Waals surface area contributed by atoms with Crippen molar-refractivity contribution in [3.8, 4) is 6.07 Å². The third kappa shape index (κ3) is 2.68. The molecule has 0 aromatic heterocycles. The van der Waals surface area contributed by atoms with Crippen molar-refractivity contribution in [1.82, 2.24) is 4.90 Å². The van der Waals surface area contributed by atoms with Crippen LogP contribution in [0, 0.1) is 22.7 Å². The molecule has 1 aliphatic carbocycles. The van der Waals surface area contributed by atoms with E-state index in [1.54, 1.807) is 0 Å². The van der Waals surface area contributed by atoms with Crippen LogP contribution in [0.3, 0.4) is 0 Å². The van der Waals surface area contributed by atoms with Crippen molar-refractivity contribution in [2.75, 3.05) is 13.1 Å². The lowest BCUT2D eigenvalue weighted by molar-refractivity contribution is -0.136. The van der Waals surface area contributed by atoms with Crippen LogP contribution in [0.5, 0.6) is 0 Å². The molecular weight excluding hydrogens is 224 g/mol. The molecule has 2 aliphatic rings. The molecule has 1 amide bonds. The predicted molar refractivity (Wildman–Crippen MR) is 70.7 cm³/mol. The Morgan fingerprint density at radius 3 is 2.39 bits per heavy atom. The lowest BCUT2D eigenvalue weighted by Gasteiger charge is -2.40. The fraction of sp³-hybridized carbons (Fsp3) is 0.867. The van der Waals surface area contributed by atoms with Gasteiger partial charge in [-0.15, -0.1) is 0 Å². The third-order valence-electron chi connectivity index (χ3n) is 4.83. The van der Waals surface area contributed by atoms with Crippen LogP contribution in [0.1, 0.15) is 58.3 Å². The quantitative estimate of drug-likeness (QED) is 0.770. The maximum atomic E-state index is 12.2. The molecule has 0 radical (unpaired) electrons. The summed E-state index contributed by atoms with van der Waals surface area (Å²) in [6, 6.07) is 2.17. The fourth-order valence-corrected chi connectivity index (χ4v) is 3.58. The van der Waals surface area contributed by atoms with Gasteiger partial charge in [0.2, 0.25) is 5.91 Å². The van der Waals surface area contributed by atoms with Gasteiger partial charge in [-0.05, 0) is 37.5 Å². The van der Waals surface area contributed by atoms with Crippen LogP contribution in [-0.2, 0) is 4.79 Å². The second-order valence-corrected chi connectivity index (χ2v) is 6.00. The van der Waals surface area contributed by atoms with Crippen LogP contribution in [0.15, 0.2) is 0 Å². The SMILES string of the molecule is CCCC(C#N)C(=O)N1CCC2(CCCC2)CC1. The van der Waals surface area contributed by atoms with E-state index in [1.165, 1.54) is 25.7 Å². The monoisotopic (exact) mass is 248 g/mol. The van der Waals surface area contributed by atoms with Gasteiger partial charge in [0.25, 0.3) is 0 Å². The van der Waals surface area contributed by atoms with Gasteiger partial charge < -0.3 is 4.90 Å². The first kappa shape index (κ1) is 13.4. The van der Waals surface area contributed by atoms with Gasteiger partial charge in [0.1, 0.15) is 5.92 Å². The number of rotatable bonds is 3. The van der Waals surface area contributed by atoms with Crippen LogP contribution >= 0.6 is 0 Å². The zero-order chi connectivity index (χ0) is 13.0. The molecule has 1 saturated heterocycles. The lowest BCUT2D eigenvalue weighted by atomic mass is 9.77. The van der Waals surface area contributed by atoms with E-state index in [-0.39, 0.29) is 5.91 Å². The molecule has 1 spiro atoms. The minimum absolute atomic E-state index is 0.0761. The Labute approximate surface area is 110 Å². The lowest BCUT2D eigenvalue weighted by Crippen LogP contribution is -2.44. The average Bonchev–Trinajstić information content (AvgIpc) is 2.84. The van der Waals surface area contributed by atoms with E-state index < -0.39 is 5.92 Å². The van der Waals surface area contributed by atoms with E-state index >= 15 is 0 Å². The first-order valence-corrected chi connectivity index (χ1v) is 7.39. The largest absolute Gasteiger partial charge is 0.342 e. The van der Waals surface area contributed by atoms with Gasteiger partial charge in [-0.3, -0.25) is 4.79 Å². The molecule has 1 heterocycles. The Kier molecular flexibility index (Phi) is 4.27. The van der Waals surface area contributed by atoms with E-state index in [2.05, 4.69) is 6.07 Å². The molecule has 3 nitrogen and oxygen atoms in total. The number of piperidine rings is 1. The number of nitriles is 1. The molecule has 3 heteroatoms. The van der Waals surface area contributed by atoms with Crippen LogP contribution in [0.4, 0.5) is 0 Å². The van der Waals surface area contributed by atoms with Gasteiger partial charge in [0, 0.05) is 13.1 Å². The molecule has 0 bridgehead atoms. The number of nitrogens with zero attached hydrogens (tertiary/aromatic N) is 2. The highest BCUT2D eigenvalue weighted by molar-refractivity contribution is 5.81. The molecule has 0 aromatic carbocycles. The van der Waals surface area contributed by atoms with Crippen molar-refractivity contribution in [3.05, 3.63) is 0 Å². The Balaban J connectivity index is 1.89. The number of hydrogen-bond acceptors (Lipinski definition) is 2. The second kappa shape index (κ2) is 5.73. The average molecular weight is 248 g/mol. The van der Waals surface area contributed by atoms with Crippen LogP contribution in [0.2, 0.25) is 0 Å². The molecule has 0 aromatic rings. The topological polar surface area (TPSA) is 44.1 Å². The highest BCUT2D eigenvalue weighted by Crippen LogP contribution is 2.46. The number of hydrogen-bond donors (Lipinski definition) is 0. The van der Waals surface area contributed by atoms with Crippen molar-refractivity contribution < 1.29 is 4.79 Å². The minimum Gasteiger partial charge on any atom is -0.342 e. The van der Waals surface area contributed by atoms with Crippen LogP contribution < -0.4 is 0 Å². The smallest absolute Gasteiger partial charge is 0.239 e. The molecule has 1 unspecified atom stereocenters. The summed E-state index contributed by atoms with van der Waals surface area (Å²) in [5.74, 6) is -0.333. The molecule has 1 saturated carbocycles. The number of likely N-dealkylation sites (tertiary alicyclic amines) is 1. The number of carbonyl (C=O) groups is 1. The highest BCUT2D eigenvalue weighted by Gasteiger charge is 2.38. The Morgan fingerprint density at radius 1 is 1.28 bits per heavy atom. The summed E-state index contributed by atoms with van der Waals surface area (Å²) < 4.78 is 0. The van der Waals surface area contributed by atoms with Crippen molar-refractivity contribution in [1.29, 1.82) is 5.26 Å². The first-order valence-electron chi connectivity index (χ1n) is 7.39. The van der Waals surface area contributed by atoms with Crippen LogP contribution in [-0.4, -0.2) is 23.9 Å². The Bertz CT molecular complexity index is 329. The summed E-state index contributed by atoms with van der Waals surface area (Å²) in [5.41, 5.74) is 0.545. The molecule has 2 rings (SSSR count). The van der Waals surface area contributed by atoms with E-state index in [9.17, 15) is 4.79 Å². The minimum atomic E-state index is -0.410. The Morgan fingerprint density at radius 2 is 1.89 bits per heavy atom. The van der Waals surface area contributed by atoms with Gasteiger partial charge in [0.05, 0.1) is 6.07 Å². The van der Waals surface area contributed by atoms with Crippen LogP contribution in [0.25, 0.3) is 0 Å². The molecule has 2 fully saturated rings. The Hall–Kier alpha value is -1.04. The molecular formula is C15H24N2O.